The number of hydrogen-bond acceptors (Lipinski definition) is 0. The summed E-state index contributed by atoms with van der Waals surface area (Å²) in [4.78, 5) is 0. The van der Waals surface area contributed by atoms with Crippen molar-refractivity contribution in [3.63, 3.8) is 0 Å². The molecule has 3 rings (SSSR count). The van der Waals surface area contributed by atoms with Crippen LogP contribution < -0.4 is 0 Å². The molecule has 2 aromatic carbocycles. The number of fused-ring (bicyclic) bond motifs is 3. The van der Waals surface area contributed by atoms with Gasteiger partial charge in [0, 0.05) is 12.1 Å². The van der Waals surface area contributed by atoms with E-state index < -0.39 is 0 Å². The Morgan fingerprint density at radius 3 is 2.60 bits per heavy atom. The molecule has 0 amide bonds. The van der Waals surface area contributed by atoms with Crippen LogP contribution in [-0.2, 0) is 10.8 Å². The minimum absolute atomic E-state index is 0.835. The zero-order chi connectivity index (χ0) is 10.3. The van der Waals surface area contributed by atoms with E-state index in [4.69, 9.17) is 4.42 Å². The van der Waals surface area contributed by atoms with E-state index in [1.54, 1.807) is 0 Å². The lowest BCUT2D eigenvalue weighted by atomic mass is 10.1. The first kappa shape index (κ1) is 8.42. The monoisotopic (exact) mass is 195 g/mol. The standard InChI is InChI=1S/C14H11O/c1-15-12-6-7-14-11(9-12)8-10-4-2-3-5-13(10)14/h2-7,9H,1,8H2/q+1. The SMILES string of the molecule is C=[O+]c1ccc2c(c1)Cc1ccccc1-2. The fraction of sp³-hybridized carbons (Fsp3) is 0.0714. The van der Waals surface area contributed by atoms with Gasteiger partial charge in [0.2, 0.25) is 0 Å². The molecule has 1 heteroatoms. The Kier molecular flexibility index (Phi) is 1.72. The molecule has 1 nitrogen and oxygen atoms in total. The van der Waals surface area contributed by atoms with Crippen LogP contribution in [0.25, 0.3) is 11.1 Å². The summed E-state index contributed by atoms with van der Waals surface area (Å²) in [5, 5.41) is 0. The van der Waals surface area contributed by atoms with E-state index in [1.165, 1.54) is 22.3 Å². The maximum Gasteiger partial charge on any atom is 0.351 e. The molecule has 1 aliphatic carbocycles. The molecule has 0 N–H and O–H groups in total. The molecule has 0 saturated carbocycles. The average molecular weight is 195 g/mol. The molecule has 0 radical (unpaired) electrons. The third-order valence-corrected chi connectivity index (χ3v) is 2.93. The van der Waals surface area contributed by atoms with Crippen LogP contribution in [0.2, 0.25) is 0 Å². The first-order chi connectivity index (χ1) is 7.38. The van der Waals surface area contributed by atoms with Crippen molar-refractivity contribution in [3.05, 3.63) is 53.6 Å². The van der Waals surface area contributed by atoms with Gasteiger partial charge in [-0.1, -0.05) is 24.3 Å². The van der Waals surface area contributed by atoms with E-state index in [2.05, 4.69) is 43.2 Å². The summed E-state index contributed by atoms with van der Waals surface area (Å²) < 4.78 is 4.99. The van der Waals surface area contributed by atoms with Crippen LogP contribution in [0.1, 0.15) is 11.1 Å². The molecule has 0 aromatic heterocycles. The van der Waals surface area contributed by atoms with E-state index in [9.17, 15) is 0 Å². The predicted molar refractivity (Wildman–Crippen MR) is 61.3 cm³/mol. The van der Waals surface area contributed by atoms with Gasteiger partial charge in [-0.15, -0.1) is 0 Å². The second kappa shape index (κ2) is 3.06. The number of hydrogen-bond donors (Lipinski definition) is 0. The molecule has 0 aliphatic heterocycles. The topological polar surface area (TPSA) is 11.3 Å². The summed E-state index contributed by atoms with van der Waals surface area (Å²) >= 11 is 0. The van der Waals surface area contributed by atoms with Crippen molar-refractivity contribution in [2.24, 2.45) is 0 Å². The van der Waals surface area contributed by atoms with Gasteiger partial charge in [0.1, 0.15) is 0 Å². The molecule has 0 unspecified atom stereocenters. The van der Waals surface area contributed by atoms with E-state index in [0.29, 0.717) is 0 Å². The Balaban J connectivity index is 2.22. The molecule has 0 bridgehead atoms. The van der Waals surface area contributed by atoms with Gasteiger partial charge >= 0.3 is 5.75 Å². The van der Waals surface area contributed by atoms with Crippen molar-refractivity contribution in [2.45, 2.75) is 6.42 Å². The van der Waals surface area contributed by atoms with Crippen LogP contribution in [0, 0.1) is 0 Å². The van der Waals surface area contributed by atoms with E-state index >= 15 is 0 Å². The molecule has 72 valence electrons. The van der Waals surface area contributed by atoms with Gasteiger partial charge in [0.25, 0.3) is 6.79 Å². The third kappa shape index (κ3) is 1.20. The summed E-state index contributed by atoms with van der Waals surface area (Å²) in [6.45, 7) is 3.43. The van der Waals surface area contributed by atoms with Crippen LogP contribution >= 0.6 is 0 Å². The largest absolute Gasteiger partial charge is 0.351 e. The van der Waals surface area contributed by atoms with Crippen molar-refractivity contribution in [3.8, 4) is 16.9 Å². The normalized spacial score (nSPS) is 12.0. The van der Waals surface area contributed by atoms with Crippen LogP contribution in [0.3, 0.4) is 0 Å². The predicted octanol–water partition coefficient (Wildman–Crippen LogP) is 3.34. The lowest BCUT2D eigenvalue weighted by Gasteiger charge is -1.97. The second-order valence-electron chi connectivity index (χ2n) is 3.80. The Hall–Kier alpha value is -1.89. The average Bonchev–Trinajstić information content (AvgIpc) is 2.66. The van der Waals surface area contributed by atoms with Gasteiger partial charge in [-0.2, -0.15) is 0 Å². The van der Waals surface area contributed by atoms with E-state index in [1.807, 2.05) is 6.07 Å². The lowest BCUT2D eigenvalue weighted by Crippen LogP contribution is -1.79. The smallest absolute Gasteiger partial charge is 0.224 e. The number of rotatable bonds is 1. The third-order valence-electron chi connectivity index (χ3n) is 2.93. The maximum absolute atomic E-state index is 4.99. The second-order valence-corrected chi connectivity index (χ2v) is 3.80. The molecule has 1 aliphatic rings. The first-order valence-corrected chi connectivity index (χ1v) is 5.02. The van der Waals surface area contributed by atoms with Crippen LogP contribution in [0.4, 0.5) is 0 Å². The summed E-state index contributed by atoms with van der Waals surface area (Å²) in [7, 11) is 0. The van der Waals surface area contributed by atoms with Crippen molar-refractivity contribution < 1.29 is 4.42 Å². The molecule has 0 heterocycles. The zero-order valence-corrected chi connectivity index (χ0v) is 8.36. The molecule has 0 fully saturated rings. The Bertz CT molecular complexity index is 541. The van der Waals surface area contributed by atoms with Crippen molar-refractivity contribution in [2.75, 3.05) is 0 Å². The zero-order valence-electron chi connectivity index (χ0n) is 8.36. The van der Waals surface area contributed by atoms with Gasteiger partial charge in [-0.3, -0.25) is 0 Å². The van der Waals surface area contributed by atoms with Gasteiger partial charge in [-0.05, 0) is 34.7 Å². The summed E-state index contributed by atoms with van der Waals surface area (Å²) in [5.41, 5.74) is 5.40. The number of benzene rings is 2. The lowest BCUT2D eigenvalue weighted by molar-refractivity contribution is -0.354. The van der Waals surface area contributed by atoms with Crippen molar-refractivity contribution in [1.29, 1.82) is 0 Å². The van der Waals surface area contributed by atoms with Crippen LogP contribution in [0.5, 0.6) is 5.75 Å². The van der Waals surface area contributed by atoms with Crippen LogP contribution in [-0.4, -0.2) is 6.79 Å². The summed E-state index contributed by atoms with van der Waals surface area (Å²) in [6.07, 6.45) is 1.00. The highest BCUT2D eigenvalue weighted by Gasteiger charge is 2.19. The van der Waals surface area contributed by atoms with Gasteiger partial charge in [-0.25, -0.2) is 4.42 Å². The molecule has 0 saturated heterocycles. The number of carbonyl (C=O) groups excluding carboxylic acids is 1. The van der Waals surface area contributed by atoms with Gasteiger partial charge < -0.3 is 0 Å². The van der Waals surface area contributed by atoms with Crippen molar-refractivity contribution in [1.82, 2.24) is 0 Å². The quantitative estimate of drug-likeness (QED) is 0.528. The summed E-state index contributed by atoms with van der Waals surface area (Å²) in [5.74, 6) is 0.835. The molecule has 0 atom stereocenters. The van der Waals surface area contributed by atoms with Crippen molar-refractivity contribution >= 4 is 6.79 Å². The molecule has 0 spiro atoms. The Morgan fingerprint density at radius 1 is 0.933 bits per heavy atom. The van der Waals surface area contributed by atoms with Gasteiger partial charge in [0.05, 0.1) is 0 Å². The highest BCUT2D eigenvalue weighted by Crippen LogP contribution is 2.37. The summed E-state index contributed by atoms with van der Waals surface area (Å²) in [6, 6.07) is 14.7. The fourth-order valence-corrected chi connectivity index (χ4v) is 2.21. The van der Waals surface area contributed by atoms with E-state index in [0.717, 1.165) is 12.2 Å². The Labute approximate surface area is 88.7 Å². The van der Waals surface area contributed by atoms with Gasteiger partial charge in [0.15, 0.2) is 0 Å². The molecular formula is C14H11O+. The molecule has 2 aromatic rings. The maximum atomic E-state index is 4.99. The molecule has 15 heavy (non-hydrogen) atoms. The Morgan fingerprint density at radius 2 is 1.73 bits per heavy atom. The minimum atomic E-state index is 0.835. The molecular weight excluding hydrogens is 184 g/mol. The minimum Gasteiger partial charge on any atom is -0.224 e. The van der Waals surface area contributed by atoms with Crippen LogP contribution in [0.15, 0.2) is 42.5 Å². The highest BCUT2D eigenvalue weighted by molar-refractivity contribution is 5.77. The first-order valence-electron chi connectivity index (χ1n) is 5.02. The fourth-order valence-electron chi connectivity index (χ4n) is 2.21. The highest BCUT2D eigenvalue weighted by atomic mass is 16.4. The van der Waals surface area contributed by atoms with E-state index in [-0.39, 0.29) is 0 Å².